The first-order valence-electron chi connectivity index (χ1n) is 6.72. The van der Waals surface area contributed by atoms with E-state index < -0.39 is 5.91 Å². The fourth-order valence-corrected chi connectivity index (χ4v) is 2.44. The molecule has 1 aromatic carbocycles. The van der Waals surface area contributed by atoms with Crippen molar-refractivity contribution in [3.8, 4) is 0 Å². The second kappa shape index (κ2) is 6.03. The van der Waals surface area contributed by atoms with Crippen LogP contribution in [-0.4, -0.2) is 27.4 Å². The Bertz CT molecular complexity index is 871. The summed E-state index contributed by atoms with van der Waals surface area (Å²) in [5.74, 6) is -0.414. The fourth-order valence-electron chi connectivity index (χ4n) is 2.21. The average Bonchev–Trinajstić information content (AvgIpc) is 3.02. The highest BCUT2D eigenvalue weighted by Crippen LogP contribution is 2.18. The molecule has 22 heavy (non-hydrogen) atoms. The number of hydrogen-bond acceptors (Lipinski definition) is 3. The number of para-hydroxylation sites is 1. The molecule has 0 unspecified atom stereocenters. The summed E-state index contributed by atoms with van der Waals surface area (Å²) in [6.45, 7) is 0.411. The minimum atomic E-state index is -0.414. The van der Waals surface area contributed by atoms with Gasteiger partial charge in [0.15, 0.2) is 0 Å². The number of fused-ring (bicyclic) bond motifs is 1. The average molecular weight is 317 g/mol. The number of pyridine rings is 1. The van der Waals surface area contributed by atoms with Gasteiger partial charge >= 0.3 is 0 Å². The Morgan fingerprint density at radius 2 is 2.18 bits per heavy atom. The van der Waals surface area contributed by atoms with Crippen LogP contribution in [0, 0.1) is 0 Å². The van der Waals surface area contributed by atoms with Gasteiger partial charge in [-0.15, -0.1) is 0 Å². The maximum atomic E-state index is 12.4. The molecule has 0 saturated carbocycles. The van der Waals surface area contributed by atoms with Crippen molar-refractivity contribution in [2.75, 3.05) is 6.54 Å². The lowest BCUT2D eigenvalue weighted by atomic mass is 10.1. The van der Waals surface area contributed by atoms with E-state index in [2.05, 4.69) is 20.3 Å². The Hall–Kier alpha value is -2.60. The molecule has 0 aliphatic carbocycles. The molecule has 0 radical (unpaired) electrons. The molecule has 2 aromatic heterocycles. The lowest BCUT2D eigenvalue weighted by molar-refractivity contribution is 0.0953. The minimum Gasteiger partial charge on any atom is -0.359 e. The van der Waals surface area contributed by atoms with Crippen molar-refractivity contribution in [1.29, 1.82) is 0 Å². The van der Waals surface area contributed by atoms with E-state index in [1.54, 1.807) is 30.7 Å². The molecule has 0 aliphatic heterocycles. The van der Waals surface area contributed by atoms with Gasteiger partial charge in [-0.1, -0.05) is 17.7 Å². The SMILES string of the molecule is O=C(NCCc1cnc[nH]1)c1c[nH]c2c(Cl)cccc2c1=O. The van der Waals surface area contributed by atoms with Gasteiger partial charge in [-0.25, -0.2) is 4.98 Å². The minimum absolute atomic E-state index is 0.0689. The highest BCUT2D eigenvalue weighted by molar-refractivity contribution is 6.35. The number of carbonyl (C=O) groups is 1. The quantitative estimate of drug-likeness (QED) is 0.686. The van der Waals surface area contributed by atoms with Gasteiger partial charge < -0.3 is 15.3 Å². The largest absolute Gasteiger partial charge is 0.359 e. The Balaban J connectivity index is 1.79. The van der Waals surface area contributed by atoms with E-state index in [1.165, 1.54) is 6.20 Å². The van der Waals surface area contributed by atoms with Crippen LogP contribution >= 0.6 is 11.6 Å². The zero-order valence-corrected chi connectivity index (χ0v) is 12.3. The lowest BCUT2D eigenvalue weighted by Gasteiger charge is -2.06. The van der Waals surface area contributed by atoms with E-state index in [4.69, 9.17) is 11.6 Å². The molecule has 112 valence electrons. The van der Waals surface area contributed by atoms with Crippen LogP contribution in [0.3, 0.4) is 0 Å². The summed E-state index contributed by atoms with van der Waals surface area (Å²) in [5, 5.41) is 3.56. The number of carbonyl (C=O) groups excluding carboxylic acids is 1. The summed E-state index contributed by atoms with van der Waals surface area (Å²) < 4.78 is 0. The maximum absolute atomic E-state index is 12.4. The van der Waals surface area contributed by atoms with Crippen LogP contribution in [0.25, 0.3) is 10.9 Å². The van der Waals surface area contributed by atoms with Crippen molar-refractivity contribution in [2.45, 2.75) is 6.42 Å². The number of amides is 1. The maximum Gasteiger partial charge on any atom is 0.256 e. The second-order valence-corrected chi connectivity index (χ2v) is 5.18. The number of imidazole rings is 1. The summed E-state index contributed by atoms with van der Waals surface area (Å²) in [6.07, 6.45) is 5.27. The molecule has 0 fully saturated rings. The van der Waals surface area contributed by atoms with Gasteiger partial charge in [0.1, 0.15) is 5.56 Å². The van der Waals surface area contributed by atoms with Crippen LogP contribution < -0.4 is 10.7 Å². The number of nitrogens with zero attached hydrogens (tertiary/aromatic N) is 1. The molecule has 0 spiro atoms. The highest BCUT2D eigenvalue weighted by atomic mass is 35.5. The van der Waals surface area contributed by atoms with Crippen molar-refractivity contribution in [3.05, 3.63) is 63.4 Å². The zero-order chi connectivity index (χ0) is 15.5. The molecule has 3 N–H and O–H groups in total. The van der Waals surface area contributed by atoms with Crippen molar-refractivity contribution < 1.29 is 4.79 Å². The van der Waals surface area contributed by atoms with Crippen LogP contribution in [0.5, 0.6) is 0 Å². The number of rotatable bonds is 4. The molecule has 3 aromatic rings. The molecule has 3 rings (SSSR count). The first-order chi connectivity index (χ1) is 10.7. The molecule has 0 bridgehead atoms. The Morgan fingerprint density at radius 1 is 1.32 bits per heavy atom. The molecule has 0 atom stereocenters. The van der Waals surface area contributed by atoms with Crippen LogP contribution in [0.2, 0.25) is 5.02 Å². The molecule has 0 saturated heterocycles. The monoisotopic (exact) mass is 316 g/mol. The number of aromatic amines is 2. The number of hydrogen-bond donors (Lipinski definition) is 3. The topological polar surface area (TPSA) is 90.6 Å². The van der Waals surface area contributed by atoms with Crippen LogP contribution in [0.1, 0.15) is 16.1 Å². The van der Waals surface area contributed by atoms with Gasteiger partial charge in [0, 0.05) is 36.4 Å². The molecule has 7 heteroatoms. The van der Waals surface area contributed by atoms with E-state index >= 15 is 0 Å². The van der Waals surface area contributed by atoms with Gasteiger partial charge in [0.25, 0.3) is 5.91 Å². The number of H-pyrrole nitrogens is 2. The van der Waals surface area contributed by atoms with Crippen molar-refractivity contribution in [2.24, 2.45) is 0 Å². The number of benzene rings is 1. The van der Waals surface area contributed by atoms with Crippen molar-refractivity contribution in [1.82, 2.24) is 20.3 Å². The predicted octanol–water partition coefficient (Wildman–Crippen LogP) is 1.88. The van der Waals surface area contributed by atoms with Crippen LogP contribution in [-0.2, 0) is 6.42 Å². The summed E-state index contributed by atoms with van der Waals surface area (Å²) in [6, 6.07) is 5.01. The zero-order valence-electron chi connectivity index (χ0n) is 11.5. The number of aromatic nitrogens is 3. The van der Waals surface area contributed by atoms with Crippen molar-refractivity contribution >= 4 is 28.4 Å². The van der Waals surface area contributed by atoms with Gasteiger partial charge in [-0.2, -0.15) is 0 Å². The molecule has 6 nitrogen and oxygen atoms in total. The van der Waals surface area contributed by atoms with Crippen molar-refractivity contribution in [3.63, 3.8) is 0 Å². The number of halogens is 1. The standard InChI is InChI=1S/C15H13ClN4O2/c16-12-3-1-2-10-13(12)19-7-11(14(10)21)15(22)18-5-4-9-6-17-8-20-9/h1-3,6-8H,4-5H2,(H,17,20)(H,18,22)(H,19,21). The normalized spacial score (nSPS) is 10.8. The van der Waals surface area contributed by atoms with E-state index in [-0.39, 0.29) is 11.0 Å². The predicted molar refractivity (Wildman–Crippen MR) is 84.2 cm³/mol. The third-order valence-electron chi connectivity index (χ3n) is 3.34. The summed E-state index contributed by atoms with van der Waals surface area (Å²) in [4.78, 5) is 34.2. The van der Waals surface area contributed by atoms with Crippen LogP contribution in [0.4, 0.5) is 0 Å². The van der Waals surface area contributed by atoms with Crippen LogP contribution in [0.15, 0.2) is 41.7 Å². The van der Waals surface area contributed by atoms with E-state index in [0.717, 1.165) is 5.69 Å². The summed E-state index contributed by atoms with van der Waals surface area (Å²) >= 11 is 6.02. The Labute approximate surface area is 130 Å². The first kappa shape index (κ1) is 14.3. The van der Waals surface area contributed by atoms with Gasteiger partial charge in [-0.05, 0) is 12.1 Å². The number of nitrogens with one attached hydrogen (secondary N) is 3. The first-order valence-corrected chi connectivity index (χ1v) is 7.10. The van der Waals surface area contributed by atoms with Gasteiger partial charge in [0.05, 0.1) is 16.9 Å². The van der Waals surface area contributed by atoms with Gasteiger partial charge in [0.2, 0.25) is 5.43 Å². The Kier molecular flexibility index (Phi) is 3.93. The molecule has 2 heterocycles. The fraction of sp³-hybridized carbons (Fsp3) is 0.133. The molecular weight excluding hydrogens is 304 g/mol. The Morgan fingerprint density at radius 3 is 2.95 bits per heavy atom. The third kappa shape index (κ3) is 2.73. The molecule has 0 aliphatic rings. The summed E-state index contributed by atoms with van der Waals surface area (Å²) in [5.41, 5.74) is 1.18. The lowest BCUT2D eigenvalue weighted by Crippen LogP contribution is -2.30. The molecular formula is C15H13ClN4O2. The summed E-state index contributed by atoms with van der Waals surface area (Å²) in [7, 11) is 0. The molecule has 1 amide bonds. The van der Waals surface area contributed by atoms with E-state index in [1.807, 2.05) is 0 Å². The smallest absolute Gasteiger partial charge is 0.256 e. The van der Waals surface area contributed by atoms with E-state index in [0.29, 0.717) is 28.9 Å². The van der Waals surface area contributed by atoms with E-state index in [9.17, 15) is 9.59 Å². The van der Waals surface area contributed by atoms with Gasteiger partial charge in [-0.3, -0.25) is 9.59 Å². The second-order valence-electron chi connectivity index (χ2n) is 4.78. The highest BCUT2D eigenvalue weighted by Gasteiger charge is 2.13. The third-order valence-corrected chi connectivity index (χ3v) is 3.66.